The molecular formula is C21H18N2O6S. The third-order valence-corrected chi connectivity index (χ3v) is 4.54. The number of aromatic carboxylic acids is 1. The van der Waals surface area contributed by atoms with Gasteiger partial charge in [-0.3, -0.25) is 19.8 Å². The van der Waals surface area contributed by atoms with Gasteiger partial charge in [0.25, 0.3) is 11.8 Å². The lowest BCUT2D eigenvalue weighted by molar-refractivity contribution is -0.122. The lowest BCUT2D eigenvalue weighted by Gasteiger charge is -2.29. The van der Waals surface area contributed by atoms with Crippen LogP contribution in [0.15, 0.2) is 48.0 Å². The minimum Gasteiger partial charge on any atom is -0.493 e. The van der Waals surface area contributed by atoms with Gasteiger partial charge in [0.2, 0.25) is 0 Å². The van der Waals surface area contributed by atoms with Crippen molar-refractivity contribution >= 4 is 46.9 Å². The van der Waals surface area contributed by atoms with Crippen LogP contribution in [0, 0.1) is 0 Å². The number of carbonyl (C=O) groups is 3. The van der Waals surface area contributed by atoms with Crippen molar-refractivity contribution < 1.29 is 29.0 Å². The predicted octanol–water partition coefficient (Wildman–Crippen LogP) is 2.62. The van der Waals surface area contributed by atoms with Gasteiger partial charge in [-0.1, -0.05) is 12.1 Å². The lowest BCUT2D eigenvalue weighted by atomic mass is 10.1. The molecule has 3 rings (SSSR count). The summed E-state index contributed by atoms with van der Waals surface area (Å²) in [5.41, 5.74) is 0.615. The highest BCUT2D eigenvalue weighted by molar-refractivity contribution is 7.80. The van der Waals surface area contributed by atoms with E-state index in [9.17, 15) is 19.5 Å². The Hall–Kier alpha value is -3.72. The molecule has 2 amide bonds. The van der Waals surface area contributed by atoms with E-state index in [-0.39, 0.29) is 21.9 Å². The maximum absolute atomic E-state index is 13.1. The molecule has 1 fully saturated rings. The molecule has 9 heteroatoms. The SMILES string of the molecule is CCOc1cc(C=C2C(=O)NC(=S)N(c3cccc(C(=O)O)c3)C2=O)ccc1OC. The predicted molar refractivity (Wildman–Crippen MR) is 114 cm³/mol. The van der Waals surface area contributed by atoms with Crippen LogP contribution in [0.1, 0.15) is 22.8 Å². The molecule has 0 unspecified atom stereocenters. The first kappa shape index (κ1) is 21.0. The van der Waals surface area contributed by atoms with Gasteiger partial charge in [-0.05, 0) is 61.1 Å². The number of nitrogens with one attached hydrogen (secondary N) is 1. The number of hydrogen-bond donors (Lipinski definition) is 2. The minimum atomic E-state index is -1.14. The second-order valence-corrected chi connectivity index (χ2v) is 6.54. The monoisotopic (exact) mass is 426 g/mol. The first-order chi connectivity index (χ1) is 14.3. The number of hydrogen-bond acceptors (Lipinski definition) is 6. The largest absolute Gasteiger partial charge is 0.493 e. The summed E-state index contributed by atoms with van der Waals surface area (Å²) in [7, 11) is 1.51. The zero-order chi connectivity index (χ0) is 21.8. The van der Waals surface area contributed by atoms with Crippen molar-refractivity contribution in [3.05, 3.63) is 59.2 Å². The van der Waals surface area contributed by atoms with Crippen molar-refractivity contribution in [3.8, 4) is 11.5 Å². The van der Waals surface area contributed by atoms with E-state index in [1.807, 2.05) is 6.92 Å². The molecule has 0 aromatic heterocycles. The first-order valence-electron chi connectivity index (χ1n) is 8.91. The van der Waals surface area contributed by atoms with Crippen molar-refractivity contribution in [2.24, 2.45) is 0 Å². The van der Waals surface area contributed by atoms with Crippen molar-refractivity contribution in [1.29, 1.82) is 0 Å². The van der Waals surface area contributed by atoms with Crippen LogP contribution in [-0.2, 0) is 9.59 Å². The number of anilines is 1. The van der Waals surface area contributed by atoms with Crippen LogP contribution in [0.4, 0.5) is 5.69 Å². The van der Waals surface area contributed by atoms with Crippen LogP contribution in [0.3, 0.4) is 0 Å². The fraction of sp³-hybridized carbons (Fsp3) is 0.143. The van der Waals surface area contributed by atoms with Crippen molar-refractivity contribution in [1.82, 2.24) is 5.32 Å². The van der Waals surface area contributed by atoms with Crippen molar-refractivity contribution in [2.75, 3.05) is 18.6 Å². The van der Waals surface area contributed by atoms with Gasteiger partial charge in [-0.2, -0.15) is 0 Å². The van der Waals surface area contributed by atoms with Gasteiger partial charge in [0.1, 0.15) is 5.57 Å². The van der Waals surface area contributed by atoms with E-state index in [1.54, 1.807) is 18.2 Å². The highest BCUT2D eigenvalue weighted by Gasteiger charge is 2.34. The summed E-state index contributed by atoms with van der Waals surface area (Å²) in [4.78, 5) is 37.9. The number of amides is 2. The Morgan fingerprint density at radius 2 is 1.97 bits per heavy atom. The second-order valence-electron chi connectivity index (χ2n) is 6.16. The Morgan fingerprint density at radius 3 is 2.63 bits per heavy atom. The summed E-state index contributed by atoms with van der Waals surface area (Å²) in [6.45, 7) is 2.24. The van der Waals surface area contributed by atoms with Crippen LogP contribution in [-0.4, -0.2) is 41.7 Å². The number of thiocarbonyl (C=S) groups is 1. The Morgan fingerprint density at radius 1 is 1.20 bits per heavy atom. The Balaban J connectivity index is 2.01. The molecule has 1 aliphatic heterocycles. The third-order valence-electron chi connectivity index (χ3n) is 4.25. The number of methoxy groups -OCH3 is 1. The van der Waals surface area contributed by atoms with Crippen LogP contribution in [0.5, 0.6) is 11.5 Å². The molecule has 1 heterocycles. The van der Waals surface area contributed by atoms with Gasteiger partial charge in [0, 0.05) is 0 Å². The molecular weight excluding hydrogens is 408 g/mol. The summed E-state index contributed by atoms with van der Waals surface area (Å²) in [6.07, 6.45) is 1.41. The standard InChI is InChI=1S/C21H18N2O6S/c1-3-29-17-10-12(7-8-16(17)28-2)9-15-18(24)22-21(30)23(19(15)25)14-6-4-5-13(11-14)20(26)27/h4-11H,3H2,1-2H3,(H,26,27)(H,22,24,30). The smallest absolute Gasteiger partial charge is 0.335 e. The van der Waals surface area contributed by atoms with E-state index in [0.717, 1.165) is 4.90 Å². The van der Waals surface area contributed by atoms with E-state index in [4.69, 9.17) is 21.7 Å². The zero-order valence-electron chi connectivity index (χ0n) is 16.2. The van der Waals surface area contributed by atoms with Gasteiger partial charge < -0.3 is 14.6 Å². The number of nitrogens with zero attached hydrogens (tertiary/aromatic N) is 1. The molecule has 0 spiro atoms. The van der Waals surface area contributed by atoms with Crippen molar-refractivity contribution in [3.63, 3.8) is 0 Å². The van der Waals surface area contributed by atoms with E-state index >= 15 is 0 Å². The molecule has 1 aliphatic rings. The quantitative estimate of drug-likeness (QED) is 0.416. The molecule has 8 nitrogen and oxygen atoms in total. The molecule has 2 aromatic rings. The fourth-order valence-corrected chi connectivity index (χ4v) is 3.17. The minimum absolute atomic E-state index is 0.0120. The topological polar surface area (TPSA) is 105 Å². The van der Waals surface area contributed by atoms with Crippen LogP contribution >= 0.6 is 12.2 Å². The third kappa shape index (κ3) is 4.15. The zero-order valence-corrected chi connectivity index (χ0v) is 17.0. The average Bonchev–Trinajstić information content (AvgIpc) is 2.71. The molecule has 0 radical (unpaired) electrons. The maximum Gasteiger partial charge on any atom is 0.335 e. The summed E-state index contributed by atoms with van der Waals surface area (Å²) in [6, 6.07) is 10.7. The average molecular weight is 426 g/mol. The van der Waals surface area contributed by atoms with E-state index in [2.05, 4.69) is 5.32 Å². The van der Waals surface area contributed by atoms with Gasteiger partial charge in [-0.15, -0.1) is 0 Å². The Bertz CT molecular complexity index is 1080. The lowest BCUT2D eigenvalue weighted by Crippen LogP contribution is -2.54. The molecule has 2 aromatic carbocycles. The number of carbonyl (C=O) groups excluding carboxylic acids is 2. The number of carboxylic acids is 1. The second kappa shape index (κ2) is 8.75. The molecule has 0 bridgehead atoms. The highest BCUT2D eigenvalue weighted by Crippen LogP contribution is 2.30. The molecule has 1 saturated heterocycles. The van der Waals surface area contributed by atoms with Gasteiger partial charge in [0.15, 0.2) is 16.6 Å². The molecule has 154 valence electrons. The van der Waals surface area contributed by atoms with Crippen LogP contribution in [0.25, 0.3) is 6.08 Å². The molecule has 0 atom stereocenters. The van der Waals surface area contributed by atoms with Gasteiger partial charge >= 0.3 is 5.97 Å². The molecule has 30 heavy (non-hydrogen) atoms. The van der Waals surface area contributed by atoms with Crippen LogP contribution < -0.4 is 19.7 Å². The normalized spacial score (nSPS) is 15.2. The first-order valence-corrected chi connectivity index (χ1v) is 9.32. The summed E-state index contributed by atoms with van der Waals surface area (Å²) in [5.74, 6) is -1.47. The van der Waals surface area contributed by atoms with Gasteiger partial charge in [0.05, 0.1) is 25.0 Å². The summed E-state index contributed by atoms with van der Waals surface area (Å²) >= 11 is 5.14. The number of rotatable bonds is 6. The highest BCUT2D eigenvalue weighted by atomic mass is 32.1. The molecule has 0 saturated carbocycles. The van der Waals surface area contributed by atoms with E-state index < -0.39 is 17.8 Å². The number of ether oxygens (including phenoxy) is 2. The molecule has 0 aliphatic carbocycles. The maximum atomic E-state index is 13.1. The summed E-state index contributed by atoms with van der Waals surface area (Å²) in [5, 5.41) is 11.5. The molecule has 2 N–H and O–H groups in total. The number of carboxylic acid groups (broad SMARTS) is 1. The van der Waals surface area contributed by atoms with Crippen LogP contribution in [0.2, 0.25) is 0 Å². The Labute approximate surface area is 177 Å². The van der Waals surface area contributed by atoms with E-state index in [1.165, 1.54) is 37.5 Å². The fourth-order valence-electron chi connectivity index (χ4n) is 2.89. The Kier molecular flexibility index (Phi) is 6.12. The summed E-state index contributed by atoms with van der Waals surface area (Å²) < 4.78 is 10.8. The number of benzene rings is 2. The van der Waals surface area contributed by atoms with Gasteiger partial charge in [-0.25, -0.2) is 4.79 Å². The van der Waals surface area contributed by atoms with Crippen molar-refractivity contribution in [2.45, 2.75) is 6.92 Å². The van der Waals surface area contributed by atoms with E-state index in [0.29, 0.717) is 23.7 Å².